The molecule has 1 aromatic rings. The van der Waals surface area contributed by atoms with Gasteiger partial charge in [-0.2, -0.15) is 13.2 Å². The summed E-state index contributed by atoms with van der Waals surface area (Å²) in [6, 6.07) is 3.21. The SMILES string of the molecule is CC(N=C(c1ccc(F)cc1)C(F)(F)F)C1OCCO1. The molecule has 3 nitrogen and oxygen atoms in total. The molecule has 0 spiro atoms. The summed E-state index contributed by atoms with van der Waals surface area (Å²) in [4.78, 5) is 3.65. The van der Waals surface area contributed by atoms with E-state index >= 15 is 0 Å². The molecular formula is C13H13F4NO2. The first-order valence-electron chi connectivity index (χ1n) is 6.02. The summed E-state index contributed by atoms with van der Waals surface area (Å²) in [5.74, 6) is -0.606. The van der Waals surface area contributed by atoms with Crippen molar-refractivity contribution in [1.29, 1.82) is 0 Å². The van der Waals surface area contributed by atoms with Crippen molar-refractivity contribution in [3.05, 3.63) is 35.6 Å². The average molecular weight is 291 g/mol. The molecule has 2 rings (SSSR count). The minimum atomic E-state index is -4.63. The maximum absolute atomic E-state index is 13.0. The molecule has 1 fully saturated rings. The highest BCUT2D eigenvalue weighted by Crippen LogP contribution is 2.25. The van der Waals surface area contributed by atoms with Crippen molar-refractivity contribution in [2.24, 2.45) is 4.99 Å². The monoisotopic (exact) mass is 291 g/mol. The van der Waals surface area contributed by atoms with Crippen LogP contribution in [0.2, 0.25) is 0 Å². The third-order valence-corrected chi connectivity index (χ3v) is 2.76. The third-order valence-electron chi connectivity index (χ3n) is 2.76. The summed E-state index contributed by atoms with van der Waals surface area (Å²) in [5.41, 5.74) is -1.26. The van der Waals surface area contributed by atoms with Crippen LogP contribution in [0.5, 0.6) is 0 Å². The van der Waals surface area contributed by atoms with E-state index in [0.29, 0.717) is 13.2 Å². The van der Waals surface area contributed by atoms with E-state index < -0.39 is 30.0 Å². The molecule has 1 heterocycles. The number of nitrogens with zero attached hydrogens (tertiary/aromatic N) is 1. The summed E-state index contributed by atoms with van der Waals surface area (Å²) in [6.45, 7) is 2.15. The van der Waals surface area contributed by atoms with E-state index in [4.69, 9.17) is 9.47 Å². The Labute approximate surface area is 113 Å². The second-order valence-electron chi connectivity index (χ2n) is 4.33. The minimum Gasteiger partial charge on any atom is -0.348 e. The van der Waals surface area contributed by atoms with Gasteiger partial charge in [-0.05, 0) is 31.2 Å². The van der Waals surface area contributed by atoms with Crippen molar-refractivity contribution in [1.82, 2.24) is 0 Å². The van der Waals surface area contributed by atoms with Crippen molar-refractivity contribution in [2.75, 3.05) is 13.2 Å². The molecule has 1 atom stereocenters. The lowest BCUT2D eigenvalue weighted by Gasteiger charge is -2.17. The van der Waals surface area contributed by atoms with E-state index in [1.807, 2.05) is 0 Å². The minimum absolute atomic E-state index is 0.191. The largest absolute Gasteiger partial charge is 0.433 e. The smallest absolute Gasteiger partial charge is 0.348 e. The van der Waals surface area contributed by atoms with E-state index in [-0.39, 0.29) is 5.56 Å². The maximum atomic E-state index is 13.0. The number of halogens is 4. The zero-order valence-corrected chi connectivity index (χ0v) is 10.7. The van der Waals surface area contributed by atoms with Crippen LogP contribution in [0.4, 0.5) is 17.6 Å². The lowest BCUT2D eigenvalue weighted by molar-refractivity contribution is -0.0646. The molecular weight excluding hydrogens is 278 g/mol. The number of hydrogen-bond acceptors (Lipinski definition) is 3. The molecule has 0 radical (unpaired) electrons. The van der Waals surface area contributed by atoms with Crippen molar-refractivity contribution < 1.29 is 27.0 Å². The van der Waals surface area contributed by atoms with Gasteiger partial charge in [0.25, 0.3) is 0 Å². The van der Waals surface area contributed by atoms with Gasteiger partial charge < -0.3 is 9.47 Å². The van der Waals surface area contributed by atoms with Gasteiger partial charge in [-0.15, -0.1) is 0 Å². The standard InChI is InChI=1S/C13H13F4NO2/c1-8(12-19-6-7-20-12)18-11(13(15,16)17)9-2-4-10(14)5-3-9/h2-5,8,12H,6-7H2,1H3. The van der Waals surface area contributed by atoms with Gasteiger partial charge in [0, 0.05) is 5.56 Å². The molecule has 7 heteroatoms. The molecule has 20 heavy (non-hydrogen) atoms. The summed E-state index contributed by atoms with van der Waals surface area (Å²) < 4.78 is 62.2. The quantitative estimate of drug-likeness (QED) is 0.633. The number of aliphatic imine (C=N–C) groups is 1. The molecule has 1 aliphatic rings. The first kappa shape index (κ1) is 14.9. The number of hydrogen-bond donors (Lipinski definition) is 0. The molecule has 1 aromatic carbocycles. The summed E-state index contributed by atoms with van der Waals surface area (Å²) in [5, 5.41) is 0. The highest BCUT2D eigenvalue weighted by molar-refractivity contribution is 6.04. The lowest BCUT2D eigenvalue weighted by Crippen LogP contribution is -2.30. The van der Waals surface area contributed by atoms with Crippen LogP contribution in [-0.4, -0.2) is 37.4 Å². The number of benzene rings is 1. The molecule has 0 amide bonds. The van der Waals surface area contributed by atoms with Gasteiger partial charge in [0.05, 0.1) is 19.3 Å². The van der Waals surface area contributed by atoms with Crippen molar-refractivity contribution in [2.45, 2.75) is 25.4 Å². The van der Waals surface area contributed by atoms with Crippen LogP contribution in [0.25, 0.3) is 0 Å². The van der Waals surface area contributed by atoms with Gasteiger partial charge in [0.2, 0.25) is 0 Å². The van der Waals surface area contributed by atoms with Gasteiger partial charge in [0.1, 0.15) is 11.5 Å². The van der Waals surface area contributed by atoms with Gasteiger partial charge in [0.15, 0.2) is 6.29 Å². The maximum Gasteiger partial charge on any atom is 0.433 e. The highest BCUT2D eigenvalue weighted by atomic mass is 19.4. The number of alkyl halides is 3. The van der Waals surface area contributed by atoms with Crippen LogP contribution in [0, 0.1) is 5.82 Å². The highest BCUT2D eigenvalue weighted by Gasteiger charge is 2.38. The Morgan fingerprint density at radius 1 is 1.20 bits per heavy atom. The van der Waals surface area contributed by atoms with E-state index in [1.54, 1.807) is 0 Å². The first-order valence-corrected chi connectivity index (χ1v) is 6.02. The average Bonchev–Trinajstić information content (AvgIpc) is 2.89. The second kappa shape index (κ2) is 5.88. The Morgan fingerprint density at radius 3 is 2.25 bits per heavy atom. The Bertz CT molecular complexity index is 478. The number of rotatable bonds is 3. The summed E-state index contributed by atoms with van der Waals surface area (Å²) in [6.07, 6.45) is -5.42. The Morgan fingerprint density at radius 2 is 1.75 bits per heavy atom. The molecule has 0 N–H and O–H groups in total. The van der Waals surface area contributed by atoms with E-state index in [2.05, 4.69) is 4.99 Å². The summed E-state index contributed by atoms with van der Waals surface area (Å²) in [7, 11) is 0. The van der Waals surface area contributed by atoms with Crippen LogP contribution in [0.3, 0.4) is 0 Å². The van der Waals surface area contributed by atoms with Gasteiger partial charge in [-0.3, -0.25) is 4.99 Å². The zero-order valence-electron chi connectivity index (χ0n) is 10.7. The Balaban J connectivity index is 2.29. The van der Waals surface area contributed by atoms with Crippen LogP contribution < -0.4 is 0 Å². The normalized spacial score (nSPS) is 19.4. The summed E-state index contributed by atoms with van der Waals surface area (Å²) >= 11 is 0. The molecule has 1 unspecified atom stereocenters. The number of ether oxygens (including phenoxy) is 2. The van der Waals surface area contributed by atoms with Crippen molar-refractivity contribution >= 4 is 5.71 Å². The van der Waals surface area contributed by atoms with E-state index in [1.165, 1.54) is 6.92 Å². The Kier molecular flexibility index (Phi) is 4.39. The van der Waals surface area contributed by atoms with Crippen LogP contribution in [-0.2, 0) is 9.47 Å². The molecule has 0 aliphatic carbocycles. The van der Waals surface area contributed by atoms with E-state index in [0.717, 1.165) is 24.3 Å². The molecule has 0 aromatic heterocycles. The predicted molar refractivity (Wildman–Crippen MR) is 64.1 cm³/mol. The predicted octanol–water partition coefficient (Wildman–Crippen LogP) is 2.94. The van der Waals surface area contributed by atoms with Crippen LogP contribution in [0.1, 0.15) is 12.5 Å². The Hall–Kier alpha value is -1.47. The van der Waals surface area contributed by atoms with Gasteiger partial charge >= 0.3 is 6.18 Å². The fourth-order valence-electron chi connectivity index (χ4n) is 1.84. The topological polar surface area (TPSA) is 30.8 Å². The molecule has 110 valence electrons. The van der Waals surface area contributed by atoms with Crippen LogP contribution >= 0.6 is 0 Å². The zero-order chi connectivity index (χ0) is 14.8. The molecule has 1 saturated heterocycles. The first-order chi connectivity index (χ1) is 9.38. The third kappa shape index (κ3) is 3.55. The molecule has 1 aliphatic heterocycles. The fraction of sp³-hybridized carbons (Fsp3) is 0.462. The van der Waals surface area contributed by atoms with E-state index in [9.17, 15) is 17.6 Å². The fourth-order valence-corrected chi connectivity index (χ4v) is 1.84. The van der Waals surface area contributed by atoms with Crippen LogP contribution in [0.15, 0.2) is 29.3 Å². The molecule has 0 saturated carbocycles. The second-order valence-corrected chi connectivity index (χ2v) is 4.33. The van der Waals surface area contributed by atoms with Gasteiger partial charge in [-0.25, -0.2) is 4.39 Å². The van der Waals surface area contributed by atoms with Gasteiger partial charge in [-0.1, -0.05) is 0 Å². The van der Waals surface area contributed by atoms with Crippen molar-refractivity contribution in [3.63, 3.8) is 0 Å². The molecule has 0 bridgehead atoms. The van der Waals surface area contributed by atoms with Crippen molar-refractivity contribution in [3.8, 4) is 0 Å². The lowest BCUT2D eigenvalue weighted by atomic mass is 10.1.